The van der Waals surface area contributed by atoms with Crippen molar-refractivity contribution in [2.24, 2.45) is 0 Å². The van der Waals surface area contributed by atoms with Gasteiger partial charge in [0.25, 0.3) is 0 Å². The molecule has 0 spiro atoms. The molecule has 2 aromatic rings. The Bertz CT molecular complexity index is 527. The van der Waals surface area contributed by atoms with Crippen molar-refractivity contribution in [1.29, 1.82) is 0 Å². The fourth-order valence-corrected chi connectivity index (χ4v) is 1.80. The van der Waals surface area contributed by atoms with Crippen LogP contribution in [0.5, 0.6) is 0 Å². The lowest BCUT2D eigenvalue weighted by molar-refractivity contribution is 0.0661. The Kier molecular flexibility index (Phi) is 3.53. The van der Waals surface area contributed by atoms with Gasteiger partial charge in [0.2, 0.25) is 5.76 Å². The van der Waals surface area contributed by atoms with Gasteiger partial charge in [0.15, 0.2) is 0 Å². The van der Waals surface area contributed by atoms with E-state index >= 15 is 0 Å². The van der Waals surface area contributed by atoms with Crippen LogP contribution >= 0.6 is 0 Å². The molecule has 1 N–H and O–H groups in total. The summed E-state index contributed by atoms with van der Waals surface area (Å²) in [5.74, 6) is 0.447. The van der Waals surface area contributed by atoms with Gasteiger partial charge in [-0.1, -0.05) is 0 Å². The van der Waals surface area contributed by atoms with Gasteiger partial charge in [0.1, 0.15) is 11.5 Å². The monoisotopic (exact) mass is 249 g/mol. The van der Waals surface area contributed by atoms with Crippen molar-refractivity contribution in [1.82, 2.24) is 4.90 Å². The second-order valence-electron chi connectivity index (χ2n) is 4.25. The Morgan fingerprint density at radius 1 is 1.44 bits per heavy atom. The number of aryl methyl sites for hydroxylation is 1. The second kappa shape index (κ2) is 5.10. The van der Waals surface area contributed by atoms with E-state index in [9.17, 15) is 4.79 Å². The predicted octanol–water partition coefficient (Wildman–Crippen LogP) is 2.51. The first-order valence-electron chi connectivity index (χ1n) is 5.60. The standard InChI is InChI=1S/C13H15NO4/c1-9-10(6-12(18-9)13(15)16)7-14(2)8-11-4-3-5-17-11/h3-6H,7-8H2,1-2H3,(H,15,16). The van der Waals surface area contributed by atoms with Crippen molar-refractivity contribution in [3.8, 4) is 0 Å². The first-order chi connectivity index (χ1) is 8.56. The number of hydrogen-bond donors (Lipinski definition) is 1. The quantitative estimate of drug-likeness (QED) is 0.881. The molecule has 2 heterocycles. The first-order valence-corrected chi connectivity index (χ1v) is 5.60. The van der Waals surface area contributed by atoms with Crippen molar-refractivity contribution in [2.45, 2.75) is 20.0 Å². The highest BCUT2D eigenvalue weighted by Crippen LogP contribution is 2.17. The van der Waals surface area contributed by atoms with Crippen molar-refractivity contribution in [3.63, 3.8) is 0 Å². The molecule has 2 rings (SSSR count). The molecule has 96 valence electrons. The van der Waals surface area contributed by atoms with Crippen molar-refractivity contribution < 1.29 is 18.7 Å². The molecule has 18 heavy (non-hydrogen) atoms. The third-order valence-corrected chi connectivity index (χ3v) is 2.68. The van der Waals surface area contributed by atoms with E-state index in [1.807, 2.05) is 24.1 Å². The summed E-state index contributed by atoms with van der Waals surface area (Å²) in [4.78, 5) is 12.8. The van der Waals surface area contributed by atoms with Gasteiger partial charge in [-0.15, -0.1) is 0 Å². The molecule has 0 amide bonds. The van der Waals surface area contributed by atoms with E-state index in [4.69, 9.17) is 13.9 Å². The zero-order chi connectivity index (χ0) is 13.1. The Morgan fingerprint density at radius 2 is 2.22 bits per heavy atom. The molecule has 0 unspecified atom stereocenters. The molecule has 0 aliphatic carbocycles. The van der Waals surface area contributed by atoms with Crippen LogP contribution in [0, 0.1) is 6.92 Å². The Balaban J connectivity index is 2.02. The number of aromatic carboxylic acids is 1. The molecule has 2 aromatic heterocycles. The topological polar surface area (TPSA) is 66.8 Å². The van der Waals surface area contributed by atoms with Crippen LogP contribution in [0.1, 0.15) is 27.6 Å². The third kappa shape index (κ3) is 2.81. The van der Waals surface area contributed by atoms with E-state index in [1.165, 1.54) is 0 Å². The van der Waals surface area contributed by atoms with Crippen LogP contribution in [-0.4, -0.2) is 23.0 Å². The first kappa shape index (κ1) is 12.4. The molecular weight excluding hydrogens is 234 g/mol. The fraction of sp³-hybridized carbons (Fsp3) is 0.308. The van der Waals surface area contributed by atoms with Crippen LogP contribution in [0.3, 0.4) is 0 Å². The number of furan rings is 2. The van der Waals surface area contributed by atoms with Crippen molar-refractivity contribution in [2.75, 3.05) is 7.05 Å². The number of rotatable bonds is 5. The molecule has 0 saturated heterocycles. The molecule has 0 radical (unpaired) electrons. The van der Waals surface area contributed by atoms with Crippen LogP contribution in [0.2, 0.25) is 0 Å². The van der Waals surface area contributed by atoms with Crippen LogP contribution in [0.25, 0.3) is 0 Å². The highest BCUT2D eigenvalue weighted by atomic mass is 16.4. The zero-order valence-corrected chi connectivity index (χ0v) is 10.3. The van der Waals surface area contributed by atoms with Crippen LogP contribution < -0.4 is 0 Å². The van der Waals surface area contributed by atoms with E-state index in [1.54, 1.807) is 19.3 Å². The zero-order valence-electron chi connectivity index (χ0n) is 10.3. The van der Waals surface area contributed by atoms with E-state index in [0.29, 0.717) is 18.8 Å². The van der Waals surface area contributed by atoms with Gasteiger partial charge < -0.3 is 13.9 Å². The third-order valence-electron chi connectivity index (χ3n) is 2.68. The summed E-state index contributed by atoms with van der Waals surface area (Å²) >= 11 is 0. The molecule has 0 aliphatic heterocycles. The normalized spacial score (nSPS) is 11.1. The Labute approximate surface area is 105 Å². The minimum Gasteiger partial charge on any atom is -0.475 e. The highest BCUT2D eigenvalue weighted by molar-refractivity contribution is 5.84. The average molecular weight is 249 g/mol. The maximum atomic E-state index is 10.8. The molecule has 0 atom stereocenters. The molecule has 0 bridgehead atoms. The van der Waals surface area contributed by atoms with E-state index in [-0.39, 0.29) is 5.76 Å². The molecule has 0 fully saturated rings. The van der Waals surface area contributed by atoms with Crippen molar-refractivity contribution >= 4 is 5.97 Å². The van der Waals surface area contributed by atoms with Crippen LogP contribution in [0.15, 0.2) is 33.3 Å². The van der Waals surface area contributed by atoms with Crippen molar-refractivity contribution in [3.05, 3.63) is 47.3 Å². The summed E-state index contributed by atoms with van der Waals surface area (Å²) in [5.41, 5.74) is 0.876. The maximum absolute atomic E-state index is 10.8. The smallest absolute Gasteiger partial charge is 0.371 e. The van der Waals surface area contributed by atoms with Crippen LogP contribution in [0.4, 0.5) is 0 Å². The summed E-state index contributed by atoms with van der Waals surface area (Å²) in [6.07, 6.45) is 1.63. The predicted molar refractivity (Wildman–Crippen MR) is 64.3 cm³/mol. The van der Waals surface area contributed by atoms with Gasteiger partial charge in [-0.25, -0.2) is 4.79 Å². The molecular formula is C13H15NO4. The SMILES string of the molecule is Cc1oc(C(=O)O)cc1CN(C)Cc1ccco1. The Morgan fingerprint density at radius 3 is 2.78 bits per heavy atom. The Hall–Kier alpha value is -2.01. The highest BCUT2D eigenvalue weighted by Gasteiger charge is 2.14. The summed E-state index contributed by atoms with van der Waals surface area (Å²) in [7, 11) is 1.94. The molecule has 0 aromatic carbocycles. The summed E-state index contributed by atoms with van der Waals surface area (Å²) < 4.78 is 10.4. The van der Waals surface area contributed by atoms with Gasteiger partial charge in [-0.05, 0) is 32.2 Å². The maximum Gasteiger partial charge on any atom is 0.371 e. The van der Waals surface area contributed by atoms with Gasteiger partial charge >= 0.3 is 5.97 Å². The van der Waals surface area contributed by atoms with Crippen LogP contribution in [-0.2, 0) is 13.1 Å². The number of nitrogens with zero attached hydrogens (tertiary/aromatic N) is 1. The number of hydrogen-bond acceptors (Lipinski definition) is 4. The lowest BCUT2D eigenvalue weighted by Crippen LogP contribution is -2.16. The van der Waals surface area contributed by atoms with Gasteiger partial charge in [-0.3, -0.25) is 4.90 Å². The molecule has 0 aliphatic rings. The second-order valence-corrected chi connectivity index (χ2v) is 4.25. The minimum absolute atomic E-state index is 0.0195. The molecule has 5 nitrogen and oxygen atoms in total. The summed E-state index contributed by atoms with van der Waals surface area (Å²) in [6.45, 7) is 3.05. The van der Waals surface area contributed by atoms with Gasteiger partial charge in [-0.2, -0.15) is 0 Å². The fourth-order valence-electron chi connectivity index (χ4n) is 1.80. The lowest BCUT2D eigenvalue weighted by atomic mass is 10.2. The summed E-state index contributed by atoms with van der Waals surface area (Å²) in [5, 5.41) is 8.84. The molecule has 0 saturated carbocycles. The largest absolute Gasteiger partial charge is 0.475 e. The van der Waals surface area contributed by atoms with E-state index in [2.05, 4.69) is 0 Å². The lowest BCUT2D eigenvalue weighted by Gasteiger charge is -2.14. The molecule has 5 heteroatoms. The number of carboxylic acids is 1. The average Bonchev–Trinajstić information content (AvgIpc) is 2.89. The van der Waals surface area contributed by atoms with Gasteiger partial charge in [0.05, 0.1) is 12.8 Å². The number of carboxylic acid groups (broad SMARTS) is 1. The van der Waals surface area contributed by atoms with E-state index in [0.717, 1.165) is 11.3 Å². The number of carbonyl (C=O) groups is 1. The summed E-state index contributed by atoms with van der Waals surface area (Å²) in [6, 6.07) is 5.31. The van der Waals surface area contributed by atoms with E-state index < -0.39 is 5.97 Å². The minimum atomic E-state index is -1.04. The van der Waals surface area contributed by atoms with Gasteiger partial charge in [0, 0.05) is 12.1 Å².